The average molecular weight is 459 g/mol. The number of fused-ring (bicyclic) bond motifs is 1. The maximum Gasteiger partial charge on any atom is 0.256 e. The molecule has 1 amide bonds. The fraction of sp³-hybridized carbons (Fsp3) is 0.190. The zero-order valence-corrected chi connectivity index (χ0v) is 17.5. The molecular weight excluding hydrogens is 440 g/mol. The molecule has 4 rings (SSSR count). The fourth-order valence-electron chi connectivity index (χ4n) is 3.44. The first-order chi connectivity index (χ1) is 13.5. The molecule has 28 heavy (non-hydrogen) atoms. The van der Waals surface area contributed by atoms with Gasteiger partial charge in [0.1, 0.15) is 0 Å². The van der Waals surface area contributed by atoms with Gasteiger partial charge in [-0.25, -0.2) is 8.42 Å². The molecule has 0 atom stereocenters. The van der Waals surface area contributed by atoms with Crippen molar-refractivity contribution in [3.05, 3.63) is 70.7 Å². The zero-order valence-electron chi connectivity index (χ0n) is 15.1. The summed E-state index contributed by atoms with van der Waals surface area (Å²) in [5, 5.41) is 4.86. The average Bonchev–Trinajstić information content (AvgIpc) is 3.24. The highest BCUT2D eigenvalue weighted by Gasteiger charge is 2.28. The number of sulfonamides is 1. The Morgan fingerprint density at radius 3 is 2.46 bits per heavy atom. The zero-order chi connectivity index (χ0) is 19.7. The number of rotatable bonds is 4. The number of halogens is 1. The second-order valence-corrected chi connectivity index (χ2v) is 9.53. The Kier molecular flexibility index (Phi) is 5.23. The van der Waals surface area contributed by atoms with Gasteiger partial charge in [-0.1, -0.05) is 36.4 Å². The number of amides is 1. The standard InChI is InChI=1S/C21H19BrN2O3S/c22-19-11-10-16(28(26,27)24-12-3-4-13-24)14-18(19)21(25)23-20-9-5-7-15-6-1-2-8-17(15)20/h1-2,5-11,14H,3-4,12-13H2,(H,23,25). The molecule has 7 heteroatoms. The Labute approximate surface area is 172 Å². The number of benzene rings is 3. The highest BCUT2D eigenvalue weighted by atomic mass is 79.9. The molecule has 3 aromatic carbocycles. The minimum Gasteiger partial charge on any atom is -0.321 e. The Morgan fingerprint density at radius 1 is 0.964 bits per heavy atom. The van der Waals surface area contributed by atoms with Crippen LogP contribution in [0.1, 0.15) is 23.2 Å². The number of nitrogens with one attached hydrogen (secondary N) is 1. The Balaban J connectivity index is 1.68. The van der Waals surface area contributed by atoms with Crippen molar-refractivity contribution in [3.8, 4) is 0 Å². The van der Waals surface area contributed by atoms with Crippen molar-refractivity contribution in [2.75, 3.05) is 18.4 Å². The summed E-state index contributed by atoms with van der Waals surface area (Å²) in [7, 11) is -3.59. The Morgan fingerprint density at radius 2 is 1.68 bits per heavy atom. The Hall–Kier alpha value is -2.22. The molecule has 144 valence electrons. The van der Waals surface area contributed by atoms with E-state index in [2.05, 4.69) is 21.2 Å². The molecule has 0 bridgehead atoms. The number of carbonyl (C=O) groups is 1. The lowest BCUT2D eigenvalue weighted by Crippen LogP contribution is -2.28. The van der Waals surface area contributed by atoms with Crippen LogP contribution in [0.5, 0.6) is 0 Å². The monoisotopic (exact) mass is 458 g/mol. The summed E-state index contributed by atoms with van der Waals surface area (Å²) < 4.78 is 27.7. The second kappa shape index (κ2) is 7.66. The lowest BCUT2D eigenvalue weighted by atomic mass is 10.1. The first-order valence-corrected chi connectivity index (χ1v) is 11.3. The predicted octanol–water partition coefficient (Wildman–Crippen LogP) is 4.64. The van der Waals surface area contributed by atoms with E-state index >= 15 is 0 Å². The molecule has 0 spiro atoms. The van der Waals surface area contributed by atoms with Gasteiger partial charge in [0.2, 0.25) is 10.0 Å². The maximum absolute atomic E-state index is 12.9. The van der Waals surface area contributed by atoms with Crippen LogP contribution in [0.3, 0.4) is 0 Å². The van der Waals surface area contributed by atoms with Crippen LogP contribution in [-0.4, -0.2) is 31.7 Å². The van der Waals surface area contributed by atoms with Gasteiger partial charge in [0.15, 0.2) is 0 Å². The minimum absolute atomic E-state index is 0.140. The van der Waals surface area contributed by atoms with Crippen LogP contribution < -0.4 is 5.32 Å². The third kappa shape index (κ3) is 3.57. The van der Waals surface area contributed by atoms with Gasteiger partial charge in [-0.2, -0.15) is 4.31 Å². The SMILES string of the molecule is O=C(Nc1cccc2ccccc12)c1cc(S(=O)(=O)N2CCCC2)ccc1Br. The number of nitrogens with zero attached hydrogens (tertiary/aromatic N) is 1. The summed E-state index contributed by atoms with van der Waals surface area (Å²) in [6.07, 6.45) is 1.73. The molecule has 0 unspecified atom stereocenters. The summed E-state index contributed by atoms with van der Waals surface area (Å²) >= 11 is 3.38. The molecule has 0 saturated carbocycles. The smallest absolute Gasteiger partial charge is 0.256 e. The molecule has 1 fully saturated rings. The van der Waals surface area contributed by atoms with Gasteiger partial charge in [-0.3, -0.25) is 4.79 Å². The highest BCUT2D eigenvalue weighted by Crippen LogP contribution is 2.28. The van der Waals surface area contributed by atoms with E-state index in [1.165, 1.54) is 16.4 Å². The van der Waals surface area contributed by atoms with E-state index in [0.29, 0.717) is 23.2 Å². The number of anilines is 1. The van der Waals surface area contributed by atoms with Gasteiger partial charge in [0, 0.05) is 28.6 Å². The normalized spacial score (nSPS) is 15.0. The van der Waals surface area contributed by atoms with Crippen molar-refractivity contribution in [1.29, 1.82) is 0 Å². The third-order valence-electron chi connectivity index (χ3n) is 4.92. The largest absolute Gasteiger partial charge is 0.321 e. The van der Waals surface area contributed by atoms with Crippen molar-refractivity contribution >= 4 is 48.3 Å². The molecule has 0 radical (unpaired) electrons. The molecule has 1 aliphatic rings. The van der Waals surface area contributed by atoms with Crippen LogP contribution in [0.4, 0.5) is 5.69 Å². The Bertz CT molecular complexity index is 1150. The van der Waals surface area contributed by atoms with Crippen molar-refractivity contribution in [2.24, 2.45) is 0 Å². The van der Waals surface area contributed by atoms with Crippen LogP contribution in [0.15, 0.2) is 70.0 Å². The van der Waals surface area contributed by atoms with Gasteiger partial charge in [0.25, 0.3) is 5.91 Å². The summed E-state index contributed by atoms with van der Waals surface area (Å²) in [6.45, 7) is 1.05. The lowest BCUT2D eigenvalue weighted by molar-refractivity contribution is 0.102. The molecule has 1 heterocycles. The van der Waals surface area contributed by atoms with E-state index in [4.69, 9.17) is 0 Å². The molecule has 0 aromatic heterocycles. The molecule has 0 aliphatic carbocycles. The maximum atomic E-state index is 12.9. The van der Waals surface area contributed by atoms with Crippen LogP contribution in [0.25, 0.3) is 10.8 Å². The minimum atomic E-state index is -3.59. The summed E-state index contributed by atoms with van der Waals surface area (Å²) in [4.78, 5) is 13.1. The summed E-state index contributed by atoms with van der Waals surface area (Å²) in [5.41, 5.74) is 0.969. The molecule has 1 saturated heterocycles. The lowest BCUT2D eigenvalue weighted by Gasteiger charge is -2.16. The first-order valence-electron chi connectivity index (χ1n) is 9.05. The number of hydrogen-bond donors (Lipinski definition) is 1. The van der Waals surface area contributed by atoms with E-state index < -0.39 is 10.0 Å². The van der Waals surface area contributed by atoms with Crippen LogP contribution in [0, 0.1) is 0 Å². The van der Waals surface area contributed by atoms with Crippen LogP contribution in [0.2, 0.25) is 0 Å². The molecule has 5 nitrogen and oxygen atoms in total. The highest BCUT2D eigenvalue weighted by molar-refractivity contribution is 9.10. The van der Waals surface area contributed by atoms with Crippen LogP contribution >= 0.6 is 15.9 Å². The topological polar surface area (TPSA) is 66.5 Å². The van der Waals surface area contributed by atoms with E-state index in [0.717, 1.165) is 23.6 Å². The predicted molar refractivity (Wildman–Crippen MR) is 114 cm³/mol. The van der Waals surface area contributed by atoms with E-state index in [1.807, 2.05) is 42.5 Å². The van der Waals surface area contributed by atoms with E-state index in [9.17, 15) is 13.2 Å². The van der Waals surface area contributed by atoms with Gasteiger partial charge >= 0.3 is 0 Å². The number of carbonyl (C=O) groups excluding carboxylic acids is 1. The molecule has 1 aliphatic heterocycles. The molecular formula is C21H19BrN2O3S. The third-order valence-corrected chi connectivity index (χ3v) is 7.51. The van der Waals surface area contributed by atoms with E-state index in [-0.39, 0.29) is 16.4 Å². The first kappa shape index (κ1) is 19.1. The van der Waals surface area contributed by atoms with Crippen molar-refractivity contribution in [3.63, 3.8) is 0 Å². The van der Waals surface area contributed by atoms with Gasteiger partial charge < -0.3 is 5.32 Å². The van der Waals surface area contributed by atoms with Crippen molar-refractivity contribution in [1.82, 2.24) is 4.31 Å². The molecule has 1 N–H and O–H groups in total. The quantitative estimate of drug-likeness (QED) is 0.618. The second-order valence-electron chi connectivity index (χ2n) is 6.73. The van der Waals surface area contributed by atoms with Crippen LogP contribution in [-0.2, 0) is 10.0 Å². The van der Waals surface area contributed by atoms with Gasteiger partial charge in [-0.05, 0) is 58.4 Å². The van der Waals surface area contributed by atoms with Crippen molar-refractivity contribution in [2.45, 2.75) is 17.7 Å². The van der Waals surface area contributed by atoms with Gasteiger partial charge in [0.05, 0.1) is 10.5 Å². The fourth-order valence-corrected chi connectivity index (χ4v) is 5.41. The van der Waals surface area contributed by atoms with Crippen molar-refractivity contribution < 1.29 is 13.2 Å². The summed E-state index contributed by atoms with van der Waals surface area (Å²) in [5.74, 6) is -0.360. The van der Waals surface area contributed by atoms with E-state index in [1.54, 1.807) is 6.07 Å². The summed E-state index contributed by atoms with van der Waals surface area (Å²) in [6, 6.07) is 18.0. The van der Waals surface area contributed by atoms with Gasteiger partial charge in [-0.15, -0.1) is 0 Å². The number of hydrogen-bond acceptors (Lipinski definition) is 3. The molecule has 3 aromatic rings.